The number of hydrogen-bond donors (Lipinski definition) is 1. The number of hydrogen-bond acceptors (Lipinski definition) is 2. The van der Waals surface area contributed by atoms with Gasteiger partial charge < -0.3 is 10.2 Å². The van der Waals surface area contributed by atoms with Gasteiger partial charge in [0, 0.05) is 19.1 Å². The Labute approximate surface area is 124 Å². The van der Waals surface area contributed by atoms with Crippen LogP contribution >= 0.6 is 0 Å². The van der Waals surface area contributed by atoms with Crippen molar-refractivity contribution in [2.75, 3.05) is 26.2 Å². The molecule has 1 fully saturated rings. The predicted octanol–water partition coefficient (Wildman–Crippen LogP) is 3.77. The van der Waals surface area contributed by atoms with Crippen molar-refractivity contribution in [1.82, 2.24) is 10.2 Å². The van der Waals surface area contributed by atoms with E-state index < -0.39 is 0 Å². The summed E-state index contributed by atoms with van der Waals surface area (Å²) in [7, 11) is 0. The van der Waals surface area contributed by atoms with Crippen LogP contribution in [0.5, 0.6) is 0 Å². The molecule has 1 saturated carbocycles. The van der Waals surface area contributed by atoms with Crippen LogP contribution in [0, 0.1) is 12.8 Å². The van der Waals surface area contributed by atoms with Gasteiger partial charge in [0.05, 0.1) is 0 Å². The average molecular weight is 274 g/mol. The minimum atomic E-state index is 0.566. The fraction of sp³-hybridized carbons (Fsp3) is 0.667. The maximum atomic E-state index is 3.80. The fourth-order valence-electron chi connectivity index (χ4n) is 2.88. The van der Waals surface area contributed by atoms with Crippen LogP contribution in [0.4, 0.5) is 0 Å². The maximum absolute atomic E-state index is 3.80. The number of nitrogens with one attached hydrogen (secondary N) is 1. The van der Waals surface area contributed by atoms with Gasteiger partial charge in [-0.2, -0.15) is 0 Å². The van der Waals surface area contributed by atoms with Crippen LogP contribution in [0.1, 0.15) is 50.3 Å². The fourth-order valence-corrected chi connectivity index (χ4v) is 2.88. The Hall–Kier alpha value is -0.860. The second kappa shape index (κ2) is 7.80. The molecule has 1 aliphatic carbocycles. The molecule has 0 heterocycles. The first-order valence-corrected chi connectivity index (χ1v) is 8.26. The molecule has 2 nitrogen and oxygen atoms in total. The Kier molecular flexibility index (Phi) is 6.06. The Morgan fingerprint density at radius 1 is 1.15 bits per heavy atom. The van der Waals surface area contributed by atoms with Gasteiger partial charge in [0.1, 0.15) is 0 Å². The Balaban J connectivity index is 1.85. The second-order valence-electron chi connectivity index (χ2n) is 6.11. The van der Waals surface area contributed by atoms with Gasteiger partial charge in [-0.25, -0.2) is 0 Å². The highest BCUT2D eigenvalue weighted by atomic mass is 15.1. The summed E-state index contributed by atoms with van der Waals surface area (Å²) in [5.74, 6) is 0.860. The minimum Gasteiger partial charge on any atom is -0.308 e. The van der Waals surface area contributed by atoms with Crippen molar-refractivity contribution in [2.45, 2.75) is 46.1 Å². The van der Waals surface area contributed by atoms with E-state index in [-0.39, 0.29) is 0 Å². The lowest BCUT2D eigenvalue weighted by atomic mass is 10.0. The second-order valence-corrected chi connectivity index (χ2v) is 6.11. The molecule has 1 unspecified atom stereocenters. The van der Waals surface area contributed by atoms with Crippen LogP contribution in [-0.2, 0) is 0 Å². The van der Waals surface area contributed by atoms with E-state index in [1.54, 1.807) is 0 Å². The van der Waals surface area contributed by atoms with E-state index in [0.717, 1.165) is 19.0 Å². The summed E-state index contributed by atoms with van der Waals surface area (Å²) < 4.78 is 0. The summed E-state index contributed by atoms with van der Waals surface area (Å²) >= 11 is 0. The third kappa shape index (κ3) is 4.60. The molecule has 0 aromatic heterocycles. The molecule has 0 amide bonds. The van der Waals surface area contributed by atoms with Crippen LogP contribution in [0.3, 0.4) is 0 Å². The van der Waals surface area contributed by atoms with Crippen molar-refractivity contribution in [3.8, 4) is 0 Å². The quantitative estimate of drug-likeness (QED) is 0.737. The van der Waals surface area contributed by atoms with E-state index in [9.17, 15) is 0 Å². The van der Waals surface area contributed by atoms with E-state index in [1.165, 1.54) is 43.5 Å². The van der Waals surface area contributed by atoms with Gasteiger partial charge in [-0.15, -0.1) is 0 Å². The highest BCUT2D eigenvalue weighted by Crippen LogP contribution is 2.40. The molecule has 20 heavy (non-hydrogen) atoms. The minimum absolute atomic E-state index is 0.566. The van der Waals surface area contributed by atoms with Crippen molar-refractivity contribution in [2.24, 2.45) is 5.92 Å². The van der Waals surface area contributed by atoms with Crippen LogP contribution in [0.15, 0.2) is 24.3 Å². The first-order valence-electron chi connectivity index (χ1n) is 8.26. The molecule has 1 aromatic rings. The number of rotatable bonds is 9. The zero-order chi connectivity index (χ0) is 14.4. The first kappa shape index (κ1) is 15.5. The van der Waals surface area contributed by atoms with E-state index in [1.807, 2.05) is 0 Å². The van der Waals surface area contributed by atoms with Crippen LogP contribution in [0.25, 0.3) is 0 Å². The zero-order valence-electron chi connectivity index (χ0n) is 13.4. The third-order valence-electron chi connectivity index (χ3n) is 4.31. The van der Waals surface area contributed by atoms with Crippen LogP contribution in [-0.4, -0.2) is 31.1 Å². The molecule has 0 spiro atoms. The third-order valence-corrected chi connectivity index (χ3v) is 4.31. The standard InChI is InChI=1S/C18H30N2/c1-4-13-20(5-2)14-12-19-18(17-10-11-17)16-8-6-15(3)7-9-16/h6-9,17-19H,4-5,10-14H2,1-3H3. The monoisotopic (exact) mass is 274 g/mol. The topological polar surface area (TPSA) is 15.3 Å². The molecule has 0 saturated heterocycles. The molecule has 0 aliphatic heterocycles. The molecule has 2 heteroatoms. The number of nitrogens with zero attached hydrogens (tertiary/aromatic N) is 1. The lowest BCUT2D eigenvalue weighted by Crippen LogP contribution is -2.34. The van der Waals surface area contributed by atoms with Gasteiger partial charge in [0.25, 0.3) is 0 Å². The Morgan fingerprint density at radius 3 is 2.40 bits per heavy atom. The van der Waals surface area contributed by atoms with E-state index >= 15 is 0 Å². The highest BCUT2D eigenvalue weighted by Gasteiger charge is 2.31. The molecule has 1 aromatic carbocycles. The normalized spacial score (nSPS) is 16.6. The molecule has 0 radical (unpaired) electrons. The van der Waals surface area contributed by atoms with E-state index in [0.29, 0.717) is 6.04 Å². The molecular weight excluding hydrogens is 244 g/mol. The summed E-state index contributed by atoms with van der Waals surface area (Å²) in [6.45, 7) is 11.3. The largest absolute Gasteiger partial charge is 0.308 e. The van der Waals surface area contributed by atoms with Gasteiger partial charge in [-0.3, -0.25) is 0 Å². The van der Waals surface area contributed by atoms with Gasteiger partial charge in [0.15, 0.2) is 0 Å². The van der Waals surface area contributed by atoms with Crippen molar-refractivity contribution >= 4 is 0 Å². The van der Waals surface area contributed by atoms with Crippen molar-refractivity contribution < 1.29 is 0 Å². The summed E-state index contributed by atoms with van der Waals surface area (Å²) in [6, 6.07) is 9.64. The summed E-state index contributed by atoms with van der Waals surface area (Å²) in [5, 5.41) is 3.80. The molecule has 2 rings (SSSR count). The number of likely N-dealkylation sites (N-methyl/N-ethyl adjacent to an activating group) is 1. The first-order chi connectivity index (χ1) is 9.74. The van der Waals surface area contributed by atoms with Gasteiger partial charge in [0.2, 0.25) is 0 Å². The average Bonchev–Trinajstić information content (AvgIpc) is 3.28. The van der Waals surface area contributed by atoms with Gasteiger partial charge in [-0.05, 0) is 50.8 Å². The number of aryl methyl sites for hydroxylation is 1. The maximum Gasteiger partial charge on any atom is 0.0349 e. The lowest BCUT2D eigenvalue weighted by molar-refractivity contribution is 0.280. The molecule has 1 aliphatic rings. The Morgan fingerprint density at radius 2 is 1.85 bits per heavy atom. The van der Waals surface area contributed by atoms with Crippen molar-refractivity contribution in [3.05, 3.63) is 35.4 Å². The molecule has 1 atom stereocenters. The van der Waals surface area contributed by atoms with E-state index in [4.69, 9.17) is 0 Å². The van der Waals surface area contributed by atoms with Crippen LogP contribution in [0.2, 0.25) is 0 Å². The van der Waals surface area contributed by atoms with Crippen molar-refractivity contribution in [3.63, 3.8) is 0 Å². The van der Waals surface area contributed by atoms with Crippen LogP contribution < -0.4 is 5.32 Å². The molecule has 0 bridgehead atoms. The summed E-state index contributed by atoms with van der Waals surface area (Å²) in [5.41, 5.74) is 2.82. The highest BCUT2D eigenvalue weighted by molar-refractivity contribution is 5.25. The van der Waals surface area contributed by atoms with Gasteiger partial charge >= 0.3 is 0 Å². The molecule has 112 valence electrons. The predicted molar refractivity (Wildman–Crippen MR) is 87.1 cm³/mol. The SMILES string of the molecule is CCCN(CC)CCNC(c1ccc(C)cc1)C1CC1. The molecular formula is C18H30N2. The Bertz CT molecular complexity index is 381. The smallest absolute Gasteiger partial charge is 0.0349 e. The molecule has 1 N–H and O–H groups in total. The van der Waals surface area contributed by atoms with E-state index in [2.05, 4.69) is 55.3 Å². The lowest BCUT2D eigenvalue weighted by Gasteiger charge is -2.23. The van der Waals surface area contributed by atoms with Crippen molar-refractivity contribution in [1.29, 1.82) is 0 Å². The zero-order valence-corrected chi connectivity index (χ0v) is 13.4. The van der Waals surface area contributed by atoms with Gasteiger partial charge in [-0.1, -0.05) is 43.7 Å². The summed E-state index contributed by atoms with van der Waals surface area (Å²) in [6.07, 6.45) is 4.02. The number of benzene rings is 1. The summed E-state index contributed by atoms with van der Waals surface area (Å²) in [4.78, 5) is 2.53.